The van der Waals surface area contributed by atoms with Crippen molar-refractivity contribution in [3.63, 3.8) is 0 Å². The summed E-state index contributed by atoms with van der Waals surface area (Å²) in [5, 5.41) is 11.3. The molecule has 0 spiro atoms. The molecule has 0 radical (unpaired) electrons. The number of hydrogen-bond acceptors (Lipinski definition) is 5. The number of rotatable bonds is 8. The molecule has 1 unspecified atom stereocenters. The predicted molar refractivity (Wildman–Crippen MR) is 121 cm³/mol. The van der Waals surface area contributed by atoms with Crippen molar-refractivity contribution in [2.45, 2.75) is 32.2 Å². The van der Waals surface area contributed by atoms with E-state index < -0.39 is 0 Å². The minimum absolute atomic E-state index is 0.0356. The van der Waals surface area contributed by atoms with E-state index in [9.17, 15) is 0 Å². The van der Waals surface area contributed by atoms with Gasteiger partial charge in [-0.25, -0.2) is 0 Å². The van der Waals surface area contributed by atoms with E-state index in [1.54, 1.807) is 11.3 Å². The number of thiophene rings is 2. The highest BCUT2D eigenvalue weighted by Gasteiger charge is 2.24. The molecule has 2 N–H and O–H groups in total. The Morgan fingerprint density at radius 2 is 1.93 bits per heavy atom. The Bertz CT molecular complexity index is 707. The number of nitrogens with one attached hydrogen (secondary N) is 2. The highest BCUT2D eigenvalue weighted by Crippen LogP contribution is 2.28. The number of guanidine groups is 1. The lowest BCUT2D eigenvalue weighted by Gasteiger charge is -2.34. The number of aliphatic imine (C=N–C) groups is 1. The summed E-state index contributed by atoms with van der Waals surface area (Å²) in [4.78, 5) is 10.2. The Labute approximate surface area is 176 Å². The lowest BCUT2D eigenvalue weighted by Crippen LogP contribution is -2.46. The van der Waals surface area contributed by atoms with Crippen molar-refractivity contribution in [2.75, 3.05) is 45.9 Å². The zero-order chi connectivity index (χ0) is 19.8. The lowest BCUT2D eigenvalue weighted by atomic mass is 9.92. The van der Waals surface area contributed by atoms with Crippen molar-refractivity contribution in [3.05, 3.63) is 44.8 Å². The van der Waals surface area contributed by atoms with Gasteiger partial charge in [-0.05, 0) is 29.8 Å². The highest BCUT2D eigenvalue weighted by molar-refractivity contribution is 7.10. The molecule has 3 heterocycles. The number of ether oxygens (including phenoxy) is 1. The fourth-order valence-electron chi connectivity index (χ4n) is 3.33. The van der Waals surface area contributed by atoms with Gasteiger partial charge in [0, 0.05) is 41.3 Å². The van der Waals surface area contributed by atoms with Crippen LogP contribution in [0.4, 0.5) is 0 Å². The summed E-state index contributed by atoms with van der Waals surface area (Å²) in [7, 11) is 0. The molecule has 1 saturated heterocycles. The molecule has 0 bridgehead atoms. The molecule has 5 nitrogen and oxygen atoms in total. The average Bonchev–Trinajstić information content (AvgIpc) is 3.41. The molecule has 0 saturated carbocycles. The molecule has 0 aromatic carbocycles. The zero-order valence-electron chi connectivity index (χ0n) is 17.1. The quantitative estimate of drug-likeness (QED) is 0.505. The van der Waals surface area contributed by atoms with Gasteiger partial charge in [-0.2, -0.15) is 0 Å². The van der Waals surface area contributed by atoms with Gasteiger partial charge in [0.25, 0.3) is 0 Å². The third kappa shape index (κ3) is 5.80. The van der Waals surface area contributed by atoms with E-state index in [2.05, 4.69) is 71.3 Å². The number of nitrogens with zero attached hydrogens (tertiary/aromatic N) is 2. The maximum absolute atomic E-state index is 5.55. The Morgan fingerprint density at radius 1 is 1.18 bits per heavy atom. The van der Waals surface area contributed by atoms with Crippen LogP contribution < -0.4 is 10.6 Å². The van der Waals surface area contributed by atoms with Gasteiger partial charge in [-0.15, -0.1) is 22.7 Å². The molecule has 1 atom stereocenters. The van der Waals surface area contributed by atoms with Crippen LogP contribution in [0, 0.1) is 0 Å². The minimum Gasteiger partial charge on any atom is -0.379 e. The zero-order valence-corrected chi connectivity index (χ0v) is 18.7. The van der Waals surface area contributed by atoms with E-state index >= 15 is 0 Å². The van der Waals surface area contributed by atoms with Crippen LogP contribution in [0.3, 0.4) is 0 Å². The van der Waals surface area contributed by atoms with E-state index in [1.807, 2.05) is 11.3 Å². The van der Waals surface area contributed by atoms with Crippen molar-refractivity contribution in [2.24, 2.45) is 4.99 Å². The molecule has 28 heavy (non-hydrogen) atoms. The van der Waals surface area contributed by atoms with Gasteiger partial charge in [0.15, 0.2) is 5.96 Å². The molecule has 2 aromatic heterocycles. The first-order valence-electron chi connectivity index (χ1n) is 10.0. The van der Waals surface area contributed by atoms with Crippen LogP contribution in [-0.2, 0) is 10.2 Å². The van der Waals surface area contributed by atoms with Gasteiger partial charge in [-0.3, -0.25) is 9.89 Å². The second-order valence-electron chi connectivity index (χ2n) is 7.62. The highest BCUT2D eigenvalue weighted by atomic mass is 32.1. The Hall–Kier alpha value is -1.41. The largest absolute Gasteiger partial charge is 0.379 e. The molecule has 154 valence electrons. The van der Waals surface area contributed by atoms with Crippen LogP contribution in [0.5, 0.6) is 0 Å². The first-order valence-corrected chi connectivity index (χ1v) is 11.8. The van der Waals surface area contributed by atoms with Crippen molar-refractivity contribution in [1.29, 1.82) is 0 Å². The summed E-state index contributed by atoms with van der Waals surface area (Å²) < 4.78 is 5.55. The Kier molecular flexibility index (Phi) is 7.91. The first-order chi connectivity index (χ1) is 13.6. The van der Waals surface area contributed by atoms with Gasteiger partial charge in [-0.1, -0.05) is 26.0 Å². The summed E-state index contributed by atoms with van der Waals surface area (Å²) >= 11 is 3.63. The first kappa shape index (κ1) is 21.3. The van der Waals surface area contributed by atoms with Gasteiger partial charge in [0.05, 0.1) is 25.8 Å². The van der Waals surface area contributed by atoms with Crippen molar-refractivity contribution >= 4 is 28.6 Å². The van der Waals surface area contributed by atoms with Crippen LogP contribution in [0.1, 0.15) is 36.6 Å². The van der Waals surface area contributed by atoms with E-state index in [4.69, 9.17) is 9.73 Å². The summed E-state index contributed by atoms with van der Waals surface area (Å²) in [6, 6.07) is 9.03. The molecule has 3 rings (SSSR count). The van der Waals surface area contributed by atoms with Crippen LogP contribution >= 0.6 is 22.7 Å². The van der Waals surface area contributed by atoms with Crippen LogP contribution in [0.2, 0.25) is 0 Å². The summed E-state index contributed by atoms with van der Waals surface area (Å²) in [6.45, 7) is 12.6. The summed E-state index contributed by atoms with van der Waals surface area (Å²) in [6.07, 6.45) is 0. The van der Waals surface area contributed by atoms with Gasteiger partial charge < -0.3 is 15.4 Å². The van der Waals surface area contributed by atoms with Crippen molar-refractivity contribution in [1.82, 2.24) is 15.5 Å². The van der Waals surface area contributed by atoms with E-state index in [0.717, 1.165) is 51.9 Å². The van der Waals surface area contributed by atoms with Crippen molar-refractivity contribution in [3.8, 4) is 0 Å². The minimum atomic E-state index is 0.0356. The standard InChI is InChI=1S/C21H32N4OS2/c1-4-22-20(24-16-21(2,3)19-8-6-14-28-19)23-15-17(18-7-5-13-27-18)25-9-11-26-12-10-25/h5-8,13-14,17H,4,9-12,15-16H2,1-3H3,(H2,22,23,24). The van der Waals surface area contributed by atoms with Gasteiger partial charge in [0.2, 0.25) is 0 Å². The summed E-state index contributed by atoms with van der Waals surface area (Å²) in [5.41, 5.74) is 0.0356. The molecule has 0 amide bonds. The van der Waals surface area contributed by atoms with Crippen molar-refractivity contribution < 1.29 is 4.74 Å². The maximum atomic E-state index is 5.55. The van der Waals surface area contributed by atoms with E-state index in [0.29, 0.717) is 6.04 Å². The van der Waals surface area contributed by atoms with E-state index in [-0.39, 0.29) is 5.41 Å². The van der Waals surface area contributed by atoms with Crippen LogP contribution in [0.25, 0.3) is 0 Å². The molecule has 2 aromatic rings. The van der Waals surface area contributed by atoms with Gasteiger partial charge >= 0.3 is 0 Å². The normalized spacial score (nSPS) is 17.5. The van der Waals surface area contributed by atoms with Crippen LogP contribution in [-0.4, -0.2) is 56.8 Å². The molecule has 1 aliphatic rings. The third-order valence-electron chi connectivity index (χ3n) is 4.99. The Balaban J connectivity index is 1.66. The molecule has 1 aliphatic heterocycles. The Morgan fingerprint density at radius 3 is 2.57 bits per heavy atom. The molecule has 0 aliphatic carbocycles. The monoisotopic (exact) mass is 420 g/mol. The molecular formula is C21H32N4OS2. The lowest BCUT2D eigenvalue weighted by molar-refractivity contribution is 0.0177. The second kappa shape index (κ2) is 10.4. The SMILES string of the molecule is CCNC(=NCC(C)(C)c1cccs1)NCC(c1cccs1)N1CCOCC1. The summed E-state index contributed by atoms with van der Waals surface area (Å²) in [5.74, 6) is 0.891. The maximum Gasteiger partial charge on any atom is 0.191 e. The second-order valence-corrected chi connectivity index (χ2v) is 9.54. The average molecular weight is 421 g/mol. The smallest absolute Gasteiger partial charge is 0.191 e. The molecular weight excluding hydrogens is 388 g/mol. The topological polar surface area (TPSA) is 48.9 Å². The molecule has 1 fully saturated rings. The fraction of sp³-hybridized carbons (Fsp3) is 0.571. The fourth-order valence-corrected chi connectivity index (χ4v) is 5.04. The third-order valence-corrected chi connectivity index (χ3v) is 7.20. The van der Waals surface area contributed by atoms with Gasteiger partial charge in [0.1, 0.15) is 0 Å². The van der Waals surface area contributed by atoms with Crippen LogP contribution in [0.15, 0.2) is 40.0 Å². The molecule has 7 heteroatoms. The number of morpholine rings is 1. The van der Waals surface area contributed by atoms with E-state index in [1.165, 1.54) is 9.75 Å². The predicted octanol–water partition coefficient (Wildman–Crippen LogP) is 3.72. The number of hydrogen-bond donors (Lipinski definition) is 2.